The van der Waals surface area contributed by atoms with Crippen LogP contribution in [0.5, 0.6) is 0 Å². The topological polar surface area (TPSA) is 15.3 Å². The molecule has 0 amide bonds. The first-order valence-corrected chi connectivity index (χ1v) is 5.87. The third-order valence-electron chi connectivity index (χ3n) is 4.27. The Morgan fingerprint density at radius 3 is 2.14 bits per heavy atom. The van der Waals surface area contributed by atoms with Gasteiger partial charge in [-0.25, -0.2) is 0 Å². The van der Waals surface area contributed by atoms with Crippen LogP contribution in [0.2, 0.25) is 0 Å². The zero-order valence-electron chi connectivity index (χ0n) is 10.4. The summed E-state index contributed by atoms with van der Waals surface area (Å²) < 4.78 is 0. The van der Waals surface area contributed by atoms with E-state index in [1.54, 1.807) is 0 Å². The van der Waals surface area contributed by atoms with Crippen molar-refractivity contribution in [3.05, 3.63) is 0 Å². The van der Waals surface area contributed by atoms with Gasteiger partial charge in [-0.2, -0.15) is 0 Å². The molecule has 1 N–H and O–H groups in total. The van der Waals surface area contributed by atoms with Crippen molar-refractivity contribution in [1.29, 1.82) is 0 Å². The molecule has 1 saturated carbocycles. The van der Waals surface area contributed by atoms with Crippen molar-refractivity contribution in [2.24, 2.45) is 5.92 Å². The molecule has 0 aliphatic heterocycles. The molecule has 1 atom stereocenters. The van der Waals surface area contributed by atoms with Gasteiger partial charge in [-0.05, 0) is 59.7 Å². The standard InChI is InChI=1S/C12H26N2/c1-10-6-8-12(9-7-10,14(4)5)11(2)13-3/h10-11,13H,6-9H2,1-5H3. The van der Waals surface area contributed by atoms with E-state index < -0.39 is 0 Å². The molecule has 1 unspecified atom stereocenters. The van der Waals surface area contributed by atoms with Gasteiger partial charge in [0.1, 0.15) is 0 Å². The minimum Gasteiger partial charge on any atom is -0.315 e. The van der Waals surface area contributed by atoms with Crippen LogP contribution in [0, 0.1) is 5.92 Å². The summed E-state index contributed by atoms with van der Waals surface area (Å²) >= 11 is 0. The molecule has 84 valence electrons. The molecule has 0 aromatic rings. The van der Waals surface area contributed by atoms with Crippen LogP contribution >= 0.6 is 0 Å². The van der Waals surface area contributed by atoms with Crippen LogP contribution < -0.4 is 5.32 Å². The Morgan fingerprint density at radius 2 is 1.79 bits per heavy atom. The molecule has 0 heterocycles. The van der Waals surface area contributed by atoms with E-state index >= 15 is 0 Å². The van der Waals surface area contributed by atoms with E-state index in [0.29, 0.717) is 11.6 Å². The van der Waals surface area contributed by atoms with Crippen molar-refractivity contribution in [1.82, 2.24) is 10.2 Å². The average Bonchev–Trinajstić information content (AvgIpc) is 2.18. The lowest BCUT2D eigenvalue weighted by Gasteiger charge is -2.48. The quantitative estimate of drug-likeness (QED) is 0.747. The summed E-state index contributed by atoms with van der Waals surface area (Å²) in [6.07, 6.45) is 5.43. The van der Waals surface area contributed by atoms with Crippen LogP contribution in [0.3, 0.4) is 0 Å². The van der Waals surface area contributed by atoms with Gasteiger partial charge in [0.2, 0.25) is 0 Å². The van der Waals surface area contributed by atoms with Crippen molar-refractivity contribution >= 4 is 0 Å². The summed E-state index contributed by atoms with van der Waals surface area (Å²) in [6.45, 7) is 4.69. The first-order chi connectivity index (χ1) is 6.53. The van der Waals surface area contributed by atoms with Gasteiger partial charge in [-0.15, -0.1) is 0 Å². The fourth-order valence-corrected chi connectivity index (χ4v) is 2.80. The second kappa shape index (κ2) is 4.63. The number of hydrogen-bond donors (Lipinski definition) is 1. The molecule has 1 aliphatic carbocycles. The second-order valence-corrected chi connectivity index (χ2v) is 5.19. The van der Waals surface area contributed by atoms with E-state index in [1.807, 2.05) is 0 Å². The molecule has 1 rings (SSSR count). The first-order valence-electron chi connectivity index (χ1n) is 5.87. The molecule has 1 fully saturated rings. The van der Waals surface area contributed by atoms with Gasteiger partial charge in [0.05, 0.1) is 0 Å². The largest absolute Gasteiger partial charge is 0.315 e. The summed E-state index contributed by atoms with van der Waals surface area (Å²) in [5.41, 5.74) is 0.390. The molecule has 2 nitrogen and oxygen atoms in total. The molecular weight excluding hydrogens is 172 g/mol. The first kappa shape index (κ1) is 12.0. The number of rotatable bonds is 3. The molecule has 0 aromatic heterocycles. The fourth-order valence-electron chi connectivity index (χ4n) is 2.80. The van der Waals surface area contributed by atoms with Crippen LogP contribution in [-0.4, -0.2) is 37.6 Å². The van der Waals surface area contributed by atoms with Crippen molar-refractivity contribution < 1.29 is 0 Å². The van der Waals surface area contributed by atoms with Crippen LogP contribution in [-0.2, 0) is 0 Å². The highest BCUT2D eigenvalue weighted by atomic mass is 15.2. The maximum atomic E-state index is 3.43. The normalized spacial score (nSPS) is 36.0. The van der Waals surface area contributed by atoms with Gasteiger partial charge < -0.3 is 10.2 Å². The Balaban J connectivity index is 2.73. The predicted octanol–water partition coefficient (Wildman–Crippen LogP) is 2.10. The lowest BCUT2D eigenvalue weighted by Crippen LogP contribution is -2.58. The number of hydrogen-bond acceptors (Lipinski definition) is 2. The van der Waals surface area contributed by atoms with E-state index in [0.717, 1.165) is 5.92 Å². The Morgan fingerprint density at radius 1 is 1.29 bits per heavy atom. The average molecular weight is 198 g/mol. The van der Waals surface area contributed by atoms with Gasteiger partial charge in [0.15, 0.2) is 0 Å². The van der Waals surface area contributed by atoms with Gasteiger partial charge in [0.25, 0.3) is 0 Å². The van der Waals surface area contributed by atoms with E-state index in [1.165, 1.54) is 25.7 Å². The fraction of sp³-hybridized carbons (Fsp3) is 1.00. The Hall–Kier alpha value is -0.0800. The highest BCUT2D eigenvalue weighted by Crippen LogP contribution is 2.37. The maximum absolute atomic E-state index is 3.43. The molecule has 0 aromatic carbocycles. The number of likely N-dealkylation sites (N-methyl/N-ethyl adjacent to an activating group) is 2. The van der Waals surface area contributed by atoms with Crippen molar-refractivity contribution in [3.63, 3.8) is 0 Å². The monoisotopic (exact) mass is 198 g/mol. The third-order valence-corrected chi connectivity index (χ3v) is 4.27. The van der Waals surface area contributed by atoms with E-state index in [2.05, 4.69) is 45.2 Å². The van der Waals surface area contributed by atoms with Gasteiger partial charge in [-0.3, -0.25) is 0 Å². The van der Waals surface area contributed by atoms with Gasteiger partial charge in [0, 0.05) is 11.6 Å². The van der Waals surface area contributed by atoms with Crippen molar-refractivity contribution in [2.75, 3.05) is 21.1 Å². The predicted molar refractivity (Wildman–Crippen MR) is 62.6 cm³/mol. The van der Waals surface area contributed by atoms with Crippen LogP contribution in [0.1, 0.15) is 39.5 Å². The highest BCUT2D eigenvalue weighted by molar-refractivity contribution is 4.98. The lowest BCUT2D eigenvalue weighted by molar-refractivity contribution is 0.0523. The van der Waals surface area contributed by atoms with Crippen LogP contribution in [0.15, 0.2) is 0 Å². The summed E-state index contributed by atoms with van der Waals surface area (Å²) in [6, 6.07) is 0.588. The SMILES string of the molecule is CNC(C)C1(N(C)C)CCC(C)CC1. The zero-order chi connectivity index (χ0) is 10.8. The molecule has 0 spiro atoms. The minimum absolute atomic E-state index is 0.390. The Bertz CT molecular complexity index is 169. The molecule has 2 heteroatoms. The van der Waals surface area contributed by atoms with E-state index in [-0.39, 0.29) is 0 Å². The van der Waals surface area contributed by atoms with E-state index in [4.69, 9.17) is 0 Å². The molecule has 0 saturated heterocycles. The number of nitrogens with one attached hydrogen (secondary N) is 1. The molecule has 14 heavy (non-hydrogen) atoms. The van der Waals surface area contributed by atoms with Crippen molar-refractivity contribution in [2.45, 2.75) is 51.1 Å². The molecular formula is C12H26N2. The van der Waals surface area contributed by atoms with Gasteiger partial charge in [-0.1, -0.05) is 6.92 Å². The summed E-state index contributed by atoms with van der Waals surface area (Å²) in [5.74, 6) is 0.923. The summed E-state index contributed by atoms with van der Waals surface area (Å²) in [4.78, 5) is 2.43. The highest BCUT2D eigenvalue weighted by Gasteiger charge is 2.40. The maximum Gasteiger partial charge on any atom is 0.0353 e. The third kappa shape index (κ3) is 2.12. The van der Waals surface area contributed by atoms with Crippen molar-refractivity contribution in [3.8, 4) is 0 Å². The summed E-state index contributed by atoms with van der Waals surface area (Å²) in [7, 11) is 6.53. The summed E-state index contributed by atoms with van der Waals surface area (Å²) in [5, 5.41) is 3.43. The van der Waals surface area contributed by atoms with E-state index in [9.17, 15) is 0 Å². The Labute approximate surface area is 89.1 Å². The van der Waals surface area contributed by atoms with Crippen LogP contribution in [0.25, 0.3) is 0 Å². The number of nitrogens with zero attached hydrogens (tertiary/aromatic N) is 1. The molecule has 0 bridgehead atoms. The lowest BCUT2D eigenvalue weighted by atomic mass is 9.72. The second-order valence-electron chi connectivity index (χ2n) is 5.19. The smallest absolute Gasteiger partial charge is 0.0353 e. The minimum atomic E-state index is 0.390. The van der Waals surface area contributed by atoms with Crippen LogP contribution in [0.4, 0.5) is 0 Å². The zero-order valence-corrected chi connectivity index (χ0v) is 10.4. The Kier molecular flexibility index (Phi) is 3.96. The molecule has 1 aliphatic rings. The van der Waals surface area contributed by atoms with Gasteiger partial charge >= 0.3 is 0 Å². The molecule has 0 radical (unpaired) electrons.